The van der Waals surface area contributed by atoms with Crippen molar-refractivity contribution >= 4 is 5.91 Å². The summed E-state index contributed by atoms with van der Waals surface area (Å²) in [5, 5.41) is 3.01. The molecule has 0 fully saturated rings. The van der Waals surface area contributed by atoms with E-state index in [9.17, 15) is 4.79 Å². The zero-order valence-corrected chi connectivity index (χ0v) is 16.3. The largest absolute Gasteiger partial charge is 0.497 e. The Bertz CT molecular complexity index is 922. The van der Waals surface area contributed by atoms with E-state index in [0.29, 0.717) is 19.4 Å². The van der Waals surface area contributed by atoms with Crippen LogP contribution in [0.25, 0.3) is 11.1 Å². The molecule has 0 aliphatic heterocycles. The topological polar surface area (TPSA) is 47.6 Å². The third-order valence-electron chi connectivity index (χ3n) is 4.66. The Morgan fingerprint density at radius 2 is 1.61 bits per heavy atom. The summed E-state index contributed by atoms with van der Waals surface area (Å²) >= 11 is 0. The van der Waals surface area contributed by atoms with Gasteiger partial charge < -0.3 is 14.8 Å². The molecule has 0 heterocycles. The van der Waals surface area contributed by atoms with E-state index >= 15 is 0 Å². The third-order valence-corrected chi connectivity index (χ3v) is 4.66. The van der Waals surface area contributed by atoms with Crippen molar-refractivity contribution in [2.75, 3.05) is 20.8 Å². The first-order valence-electron chi connectivity index (χ1n) is 9.32. The fourth-order valence-electron chi connectivity index (χ4n) is 3.22. The van der Waals surface area contributed by atoms with E-state index in [-0.39, 0.29) is 5.91 Å². The van der Waals surface area contributed by atoms with E-state index in [0.717, 1.165) is 33.8 Å². The number of amides is 1. The molecule has 1 amide bonds. The Hall–Kier alpha value is -3.27. The molecule has 4 nitrogen and oxygen atoms in total. The molecule has 28 heavy (non-hydrogen) atoms. The van der Waals surface area contributed by atoms with Crippen molar-refractivity contribution < 1.29 is 14.3 Å². The Morgan fingerprint density at radius 3 is 2.36 bits per heavy atom. The van der Waals surface area contributed by atoms with Crippen molar-refractivity contribution in [2.24, 2.45) is 0 Å². The van der Waals surface area contributed by atoms with Gasteiger partial charge in [0.1, 0.15) is 11.5 Å². The van der Waals surface area contributed by atoms with E-state index < -0.39 is 0 Å². The SMILES string of the molecule is COc1ccc(OC)c(CCNC(=O)Cc2ccccc2-c2ccccc2)c1. The summed E-state index contributed by atoms with van der Waals surface area (Å²) in [4.78, 5) is 12.5. The van der Waals surface area contributed by atoms with E-state index in [2.05, 4.69) is 23.5 Å². The molecule has 4 heteroatoms. The van der Waals surface area contributed by atoms with Gasteiger partial charge in [0.2, 0.25) is 5.91 Å². The van der Waals surface area contributed by atoms with Gasteiger partial charge in [-0.05, 0) is 46.9 Å². The first-order chi connectivity index (χ1) is 13.7. The van der Waals surface area contributed by atoms with Gasteiger partial charge in [-0.2, -0.15) is 0 Å². The fraction of sp³-hybridized carbons (Fsp3) is 0.208. The molecule has 0 spiro atoms. The van der Waals surface area contributed by atoms with E-state index in [1.54, 1.807) is 14.2 Å². The Morgan fingerprint density at radius 1 is 0.857 bits per heavy atom. The van der Waals surface area contributed by atoms with Gasteiger partial charge in [-0.25, -0.2) is 0 Å². The first kappa shape index (κ1) is 19.5. The maximum atomic E-state index is 12.5. The maximum absolute atomic E-state index is 12.5. The van der Waals surface area contributed by atoms with Gasteiger partial charge >= 0.3 is 0 Å². The van der Waals surface area contributed by atoms with Gasteiger partial charge in [-0.15, -0.1) is 0 Å². The molecule has 0 unspecified atom stereocenters. The molecule has 0 aliphatic rings. The van der Waals surface area contributed by atoms with E-state index in [1.807, 2.05) is 54.6 Å². The van der Waals surface area contributed by atoms with Gasteiger partial charge in [0.15, 0.2) is 0 Å². The number of carbonyl (C=O) groups is 1. The Balaban J connectivity index is 1.62. The highest BCUT2D eigenvalue weighted by atomic mass is 16.5. The zero-order chi connectivity index (χ0) is 19.8. The number of nitrogens with one attached hydrogen (secondary N) is 1. The molecule has 3 aromatic carbocycles. The van der Waals surface area contributed by atoms with Crippen molar-refractivity contribution in [1.29, 1.82) is 0 Å². The molecule has 3 rings (SSSR count). The van der Waals surface area contributed by atoms with Crippen LogP contribution in [0.15, 0.2) is 72.8 Å². The average molecular weight is 375 g/mol. The molecule has 0 radical (unpaired) electrons. The highest BCUT2D eigenvalue weighted by molar-refractivity contribution is 5.82. The maximum Gasteiger partial charge on any atom is 0.224 e. The van der Waals surface area contributed by atoms with Crippen LogP contribution in [0.4, 0.5) is 0 Å². The van der Waals surface area contributed by atoms with Crippen LogP contribution in [-0.4, -0.2) is 26.7 Å². The van der Waals surface area contributed by atoms with Crippen LogP contribution in [0.1, 0.15) is 11.1 Å². The Labute approximate surface area is 166 Å². The van der Waals surface area contributed by atoms with Crippen LogP contribution in [0.5, 0.6) is 11.5 Å². The van der Waals surface area contributed by atoms with Crippen molar-refractivity contribution in [3.8, 4) is 22.6 Å². The lowest BCUT2D eigenvalue weighted by molar-refractivity contribution is -0.120. The summed E-state index contributed by atoms with van der Waals surface area (Å²) in [6.45, 7) is 0.538. The highest BCUT2D eigenvalue weighted by Gasteiger charge is 2.10. The predicted molar refractivity (Wildman–Crippen MR) is 112 cm³/mol. The molecule has 3 aromatic rings. The number of hydrogen-bond donors (Lipinski definition) is 1. The molecule has 0 aromatic heterocycles. The number of carbonyl (C=O) groups excluding carboxylic acids is 1. The molecule has 144 valence electrons. The minimum absolute atomic E-state index is 0.00486. The van der Waals surface area contributed by atoms with Crippen molar-refractivity contribution in [3.63, 3.8) is 0 Å². The van der Waals surface area contributed by atoms with Gasteiger partial charge in [0, 0.05) is 6.54 Å². The zero-order valence-electron chi connectivity index (χ0n) is 16.3. The minimum atomic E-state index is 0.00486. The standard InChI is InChI=1S/C24H25NO3/c1-27-21-12-13-23(28-2)20(16-21)14-15-25-24(26)17-19-10-6-7-11-22(19)18-8-4-3-5-9-18/h3-13,16H,14-15,17H2,1-2H3,(H,25,26). The second-order valence-corrected chi connectivity index (χ2v) is 6.48. The van der Waals surface area contributed by atoms with Crippen LogP contribution in [0.2, 0.25) is 0 Å². The minimum Gasteiger partial charge on any atom is -0.497 e. The van der Waals surface area contributed by atoms with Gasteiger partial charge in [0.25, 0.3) is 0 Å². The van der Waals surface area contributed by atoms with Gasteiger partial charge in [-0.3, -0.25) is 4.79 Å². The summed E-state index contributed by atoms with van der Waals surface area (Å²) in [7, 11) is 3.28. The van der Waals surface area contributed by atoms with Crippen LogP contribution in [-0.2, 0) is 17.6 Å². The van der Waals surface area contributed by atoms with E-state index in [4.69, 9.17) is 9.47 Å². The number of hydrogen-bond acceptors (Lipinski definition) is 3. The van der Waals surface area contributed by atoms with Crippen LogP contribution in [0, 0.1) is 0 Å². The third kappa shape index (κ3) is 4.92. The highest BCUT2D eigenvalue weighted by Crippen LogP contribution is 2.25. The van der Waals surface area contributed by atoms with E-state index in [1.165, 1.54) is 0 Å². The monoisotopic (exact) mass is 375 g/mol. The second kappa shape index (κ2) is 9.60. The molecular weight excluding hydrogens is 350 g/mol. The molecule has 0 saturated heterocycles. The molecule has 0 atom stereocenters. The number of rotatable bonds is 8. The quantitative estimate of drug-likeness (QED) is 0.639. The van der Waals surface area contributed by atoms with Crippen LogP contribution >= 0.6 is 0 Å². The predicted octanol–water partition coefficient (Wildman–Crippen LogP) is 4.27. The lowest BCUT2D eigenvalue weighted by atomic mass is 9.97. The second-order valence-electron chi connectivity index (χ2n) is 6.48. The smallest absolute Gasteiger partial charge is 0.224 e. The van der Waals surface area contributed by atoms with Crippen molar-refractivity contribution in [3.05, 3.63) is 83.9 Å². The summed E-state index contributed by atoms with van der Waals surface area (Å²) in [5.41, 5.74) is 4.23. The van der Waals surface area contributed by atoms with Gasteiger partial charge in [-0.1, -0.05) is 54.6 Å². The molecule has 0 saturated carbocycles. The number of ether oxygens (including phenoxy) is 2. The van der Waals surface area contributed by atoms with Crippen molar-refractivity contribution in [2.45, 2.75) is 12.8 Å². The normalized spacial score (nSPS) is 10.4. The van der Waals surface area contributed by atoms with Crippen molar-refractivity contribution in [1.82, 2.24) is 5.32 Å². The fourth-order valence-corrected chi connectivity index (χ4v) is 3.22. The lowest BCUT2D eigenvalue weighted by Gasteiger charge is -2.12. The van der Waals surface area contributed by atoms with Crippen LogP contribution in [0.3, 0.4) is 0 Å². The molecular formula is C24H25NO3. The van der Waals surface area contributed by atoms with Crippen LogP contribution < -0.4 is 14.8 Å². The first-order valence-corrected chi connectivity index (χ1v) is 9.32. The lowest BCUT2D eigenvalue weighted by Crippen LogP contribution is -2.27. The molecule has 1 N–H and O–H groups in total. The summed E-state index contributed by atoms with van der Waals surface area (Å²) in [6.07, 6.45) is 1.02. The van der Waals surface area contributed by atoms with Gasteiger partial charge in [0.05, 0.1) is 20.6 Å². The average Bonchev–Trinajstić information content (AvgIpc) is 2.74. The summed E-state index contributed by atoms with van der Waals surface area (Å²) in [5.74, 6) is 1.58. The number of methoxy groups -OCH3 is 2. The molecule has 0 aliphatic carbocycles. The molecule has 0 bridgehead atoms. The Kier molecular flexibility index (Phi) is 6.68. The summed E-state index contributed by atoms with van der Waals surface area (Å²) < 4.78 is 10.7. The number of benzene rings is 3. The summed E-state index contributed by atoms with van der Waals surface area (Å²) in [6, 6.07) is 23.8.